The van der Waals surface area contributed by atoms with E-state index in [9.17, 15) is 4.79 Å². The Labute approximate surface area is 93.0 Å². The fourth-order valence-electron chi connectivity index (χ4n) is 1.49. The molecule has 0 aliphatic rings. The molecular formula is C13H8N2O. The molecular weight excluding hydrogens is 200 g/mol. The Hall–Kier alpha value is -2.47. The Bertz CT molecular complexity index is 570. The number of nitrogens with zero attached hydrogens (tertiary/aromatic N) is 2. The number of aromatic nitrogens is 1. The lowest BCUT2D eigenvalue weighted by molar-refractivity contribution is 0.112. The van der Waals surface area contributed by atoms with Crippen LogP contribution in [0.15, 0.2) is 42.6 Å². The summed E-state index contributed by atoms with van der Waals surface area (Å²) in [6, 6.07) is 12.5. The monoisotopic (exact) mass is 208 g/mol. The van der Waals surface area contributed by atoms with E-state index in [1.807, 2.05) is 6.07 Å². The molecule has 0 saturated carbocycles. The van der Waals surface area contributed by atoms with Crippen LogP contribution in [0.4, 0.5) is 0 Å². The van der Waals surface area contributed by atoms with Gasteiger partial charge in [0.05, 0.1) is 17.3 Å². The van der Waals surface area contributed by atoms with Crippen molar-refractivity contribution in [3.05, 3.63) is 53.7 Å². The SMILES string of the molecule is N#Cc1cccc(-c2ncccc2C=O)c1. The molecule has 2 rings (SSSR count). The first kappa shape index (κ1) is 10.1. The predicted molar refractivity (Wildman–Crippen MR) is 59.8 cm³/mol. The highest BCUT2D eigenvalue weighted by Crippen LogP contribution is 2.20. The number of hydrogen-bond donors (Lipinski definition) is 0. The van der Waals surface area contributed by atoms with Gasteiger partial charge in [-0.3, -0.25) is 9.78 Å². The summed E-state index contributed by atoms with van der Waals surface area (Å²) in [7, 11) is 0. The van der Waals surface area contributed by atoms with E-state index in [4.69, 9.17) is 5.26 Å². The van der Waals surface area contributed by atoms with Gasteiger partial charge in [-0.1, -0.05) is 12.1 Å². The van der Waals surface area contributed by atoms with E-state index in [1.54, 1.807) is 36.5 Å². The van der Waals surface area contributed by atoms with Gasteiger partial charge in [0, 0.05) is 17.3 Å². The molecule has 0 spiro atoms. The molecule has 1 heterocycles. The molecule has 0 N–H and O–H groups in total. The first-order chi connectivity index (χ1) is 7.85. The zero-order valence-electron chi connectivity index (χ0n) is 8.42. The lowest BCUT2D eigenvalue weighted by Gasteiger charge is -2.03. The van der Waals surface area contributed by atoms with Crippen molar-refractivity contribution in [2.24, 2.45) is 0 Å². The Morgan fingerprint density at radius 3 is 2.88 bits per heavy atom. The van der Waals surface area contributed by atoms with E-state index in [0.717, 1.165) is 11.8 Å². The fourth-order valence-corrected chi connectivity index (χ4v) is 1.49. The molecule has 0 radical (unpaired) electrons. The fraction of sp³-hybridized carbons (Fsp3) is 0. The van der Waals surface area contributed by atoms with Crippen LogP contribution in [0.5, 0.6) is 0 Å². The summed E-state index contributed by atoms with van der Waals surface area (Å²) in [4.78, 5) is 15.0. The summed E-state index contributed by atoms with van der Waals surface area (Å²) in [6.07, 6.45) is 2.39. The van der Waals surface area contributed by atoms with Crippen LogP contribution in [0.25, 0.3) is 11.3 Å². The molecule has 0 fully saturated rings. The van der Waals surface area contributed by atoms with Gasteiger partial charge in [-0.25, -0.2) is 0 Å². The van der Waals surface area contributed by atoms with Crippen LogP contribution in [0, 0.1) is 11.3 Å². The smallest absolute Gasteiger partial charge is 0.152 e. The van der Waals surface area contributed by atoms with Crippen molar-refractivity contribution in [1.29, 1.82) is 5.26 Å². The van der Waals surface area contributed by atoms with Crippen molar-refractivity contribution < 1.29 is 4.79 Å². The lowest BCUT2D eigenvalue weighted by atomic mass is 10.0. The molecule has 0 aliphatic carbocycles. The van der Waals surface area contributed by atoms with Gasteiger partial charge in [0.25, 0.3) is 0 Å². The average Bonchev–Trinajstić information content (AvgIpc) is 2.38. The van der Waals surface area contributed by atoms with Crippen LogP contribution in [-0.4, -0.2) is 11.3 Å². The number of rotatable bonds is 2. The second kappa shape index (κ2) is 4.37. The van der Waals surface area contributed by atoms with E-state index in [1.165, 1.54) is 0 Å². The van der Waals surface area contributed by atoms with Crippen molar-refractivity contribution in [2.45, 2.75) is 0 Å². The number of carbonyl (C=O) groups is 1. The molecule has 2 aromatic rings. The van der Waals surface area contributed by atoms with Gasteiger partial charge in [-0.05, 0) is 24.3 Å². The first-order valence-corrected chi connectivity index (χ1v) is 4.76. The van der Waals surface area contributed by atoms with Gasteiger partial charge in [0.1, 0.15) is 0 Å². The molecule has 76 valence electrons. The molecule has 0 bridgehead atoms. The third kappa shape index (κ3) is 1.82. The maximum Gasteiger partial charge on any atom is 0.152 e. The predicted octanol–water partition coefficient (Wildman–Crippen LogP) is 2.43. The average molecular weight is 208 g/mol. The highest BCUT2D eigenvalue weighted by molar-refractivity contribution is 5.85. The van der Waals surface area contributed by atoms with Crippen LogP contribution < -0.4 is 0 Å². The molecule has 3 heteroatoms. The number of pyridine rings is 1. The molecule has 0 unspecified atom stereocenters. The largest absolute Gasteiger partial charge is 0.298 e. The Kier molecular flexibility index (Phi) is 2.75. The molecule has 0 atom stereocenters. The summed E-state index contributed by atoms with van der Waals surface area (Å²) < 4.78 is 0. The van der Waals surface area contributed by atoms with Crippen molar-refractivity contribution in [1.82, 2.24) is 4.98 Å². The lowest BCUT2D eigenvalue weighted by Crippen LogP contribution is -1.91. The second-order valence-electron chi connectivity index (χ2n) is 3.25. The van der Waals surface area contributed by atoms with Crippen LogP contribution in [0.3, 0.4) is 0 Å². The van der Waals surface area contributed by atoms with Crippen LogP contribution in [0.2, 0.25) is 0 Å². The number of carbonyl (C=O) groups excluding carboxylic acids is 1. The van der Waals surface area contributed by atoms with Gasteiger partial charge < -0.3 is 0 Å². The van der Waals surface area contributed by atoms with Gasteiger partial charge >= 0.3 is 0 Å². The quantitative estimate of drug-likeness (QED) is 0.712. The Morgan fingerprint density at radius 1 is 1.25 bits per heavy atom. The topological polar surface area (TPSA) is 53.8 Å². The standard InChI is InChI=1S/C13H8N2O/c14-8-10-3-1-4-11(7-10)13-12(9-16)5-2-6-15-13/h1-7,9H. The van der Waals surface area contributed by atoms with Crippen LogP contribution in [-0.2, 0) is 0 Å². The normalized spacial score (nSPS) is 9.44. The summed E-state index contributed by atoms with van der Waals surface area (Å²) >= 11 is 0. The Balaban J connectivity index is 2.59. The number of aldehydes is 1. The van der Waals surface area contributed by atoms with Crippen molar-refractivity contribution in [3.63, 3.8) is 0 Å². The third-order valence-corrected chi connectivity index (χ3v) is 2.23. The summed E-state index contributed by atoms with van der Waals surface area (Å²) in [5.74, 6) is 0. The van der Waals surface area contributed by atoms with E-state index < -0.39 is 0 Å². The molecule has 0 saturated heterocycles. The molecule has 1 aromatic carbocycles. The minimum absolute atomic E-state index is 0.526. The zero-order valence-corrected chi connectivity index (χ0v) is 8.42. The van der Waals surface area contributed by atoms with Crippen LogP contribution >= 0.6 is 0 Å². The molecule has 0 amide bonds. The van der Waals surface area contributed by atoms with Crippen molar-refractivity contribution in [3.8, 4) is 17.3 Å². The van der Waals surface area contributed by atoms with Crippen molar-refractivity contribution >= 4 is 6.29 Å². The highest BCUT2D eigenvalue weighted by Gasteiger charge is 2.05. The number of benzene rings is 1. The van der Waals surface area contributed by atoms with Crippen LogP contribution in [0.1, 0.15) is 15.9 Å². The Morgan fingerprint density at radius 2 is 2.12 bits per heavy atom. The van der Waals surface area contributed by atoms with Gasteiger partial charge in [-0.15, -0.1) is 0 Å². The van der Waals surface area contributed by atoms with E-state index in [-0.39, 0.29) is 0 Å². The second-order valence-corrected chi connectivity index (χ2v) is 3.25. The maximum absolute atomic E-state index is 10.9. The molecule has 3 nitrogen and oxygen atoms in total. The zero-order chi connectivity index (χ0) is 11.4. The molecule has 16 heavy (non-hydrogen) atoms. The summed E-state index contributed by atoms with van der Waals surface area (Å²) in [6.45, 7) is 0. The summed E-state index contributed by atoms with van der Waals surface area (Å²) in [5.41, 5.74) is 2.47. The van der Waals surface area contributed by atoms with Gasteiger partial charge in [0.2, 0.25) is 0 Å². The third-order valence-electron chi connectivity index (χ3n) is 2.23. The number of nitriles is 1. The first-order valence-electron chi connectivity index (χ1n) is 4.76. The molecule has 1 aromatic heterocycles. The van der Waals surface area contributed by atoms with Crippen molar-refractivity contribution in [2.75, 3.05) is 0 Å². The minimum atomic E-state index is 0.526. The van der Waals surface area contributed by atoms with Gasteiger partial charge in [0.15, 0.2) is 6.29 Å². The summed E-state index contributed by atoms with van der Waals surface area (Å²) in [5, 5.41) is 8.80. The maximum atomic E-state index is 10.9. The van der Waals surface area contributed by atoms with Gasteiger partial charge in [-0.2, -0.15) is 5.26 Å². The van der Waals surface area contributed by atoms with E-state index in [2.05, 4.69) is 11.1 Å². The van der Waals surface area contributed by atoms with E-state index in [0.29, 0.717) is 16.8 Å². The molecule has 0 aliphatic heterocycles. The van der Waals surface area contributed by atoms with E-state index >= 15 is 0 Å². The minimum Gasteiger partial charge on any atom is -0.298 e. The highest BCUT2D eigenvalue weighted by atomic mass is 16.1. The number of hydrogen-bond acceptors (Lipinski definition) is 3.